The minimum atomic E-state index is -0.516. The van der Waals surface area contributed by atoms with Crippen LogP contribution in [-0.2, 0) is 4.79 Å². The molecule has 3 aromatic rings. The Hall–Kier alpha value is -3.86. The summed E-state index contributed by atoms with van der Waals surface area (Å²) in [5.74, 6) is -0.236. The van der Waals surface area contributed by atoms with Crippen molar-refractivity contribution in [2.45, 2.75) is 0 Å². The van der Waals surface area contributed by atoms with Crippen LogP contribution in [0.1, 0.15) is 11.1 Å². The van der Waals surface area contributed by atoms with Crippen molar-refractivity contribution >= 4 is 52.1 Å². The quantitative estimate of drug-likeness (QED) is 0.199. The largest absolute Gasteiger partial charge is 0.481 e. The molecule has 32 heavy (non-hydrogen) atoms. The highest BCUT2D eigenvalue weighted by atomic mass is 35.5. The molecule has 7 nitrogen and oxygen atoms in total. The van der Waals surface area contributed by atoms with Gasteiger partial charge in [-0.3, -0.25) is 14.9 Å². The number of carbonyl (C=O) groups is 1. The van der Waals surface area contributed by atoms with E-state index in [0.717, 1.165) is 0 Å². The molecule has 0 aliphatic heterocycles. The number of hydrogen-bond donors (Lipinski definition) is 1. The van der Waals surface area contributed by atoms with Gasteiger partial charge in [0.15, 0.2) is 12.4 Å². The second-order valence-electron chi connectivity index (χ2n) is 6.49. The van der Waals surface area contributed by atoms with Crippen LogP contribution < -0.4 is 10.1 Å². The molecule has 0 aliphatic rings. The van der Waals surface area contributed by atoms with Crippen LogP contribution >= 0.6 is 23.2 Å². The predicted molar refractivity (Wildman–Crippen MR) is 124 cm³/mol. The molecule has 1 amide bonds. The second kappa shape index (κ2) is 10.4. The molecular weight excluding hydrogens is 453 g/mol. The first kappa shape index (κ1) is 22.8. The summed E-state index contributed by atoms with van der Waals surface area (Å²) in [6, 6.07) is 19.7. The lowest BCUT2D eigenvalue weighted by Crippen LogP contribution is -2.20. The van der Waals surface area contributed by atoms with Crippen LogP contribution in [0.5, 0.6) is 5.75 Å². The molecule has 0 aromatic heterocycles. The van der Waals surface area contributed by atoms with Crippen LogP contribution in [0, 0.1) is 21.4 Å². The number of hydrogen-bond acceptors (Lipinski definition) is 5. The van der Waals surface area contributed by atoms with Crippen LogP contribution in [0.4, 0.5) is 11.4 Å². The van der Waals surface area contributed by atoms with Gasteiger partial charge in [0.2, 0.25) is 0 Å². The summed E-state index contributed by atoms with van der Waals surface area (Å²) in [6.45, 7) is -0.296. The Morgan fingerprint density at radius 3 is 2.28 bits per heavy atom. The number of ether oxygens (including phenoxy) is 1. The van der Waals surface area contributed by atoms with Crippen molar-refractivity contribution in [3.8, 4) is 11.8 Å². The fourth-order valence-corrected chi connectivity index (χ4v) is 3.38. The first-order valence-corrected chi connectivity index (χ1v) is 9.96. The molecule has 160 valence electrons. The number of nitro benzene ring substituents is 1. The summed E-state index contributed by atoms with van der Waals surface area (Å²) in [7, 11) is 0. The van der Waals surface area contributed by atoms with Crippen LogP contribution in [0.3, 0.4) is 0 Å². The van der Waals surface area contributed by atoms with Crippen LogP contribution in [0.2, 0.25) is 10.0 Å². The molecule has 9 heteroatoms. The lowest BCUT2D eigenvalue weighted by atomic mass is 10.0. The maximum atomic E-state index is 12.1. The van der Waals surface area contributed by atoms with Gasteiger partial charge >= 0.3 is 0 Å². The normalized spacial score (nSPS) is 10.8. The number of amides is 1. The molecule has 0 radical (unpaired) electrons. The van der Waals surface area contributed by atoms with Gasteiger partial charge in [-0.25, -0.2) is 0 Å². The first-order valence-electron chi connectivity index (χ1n) is 9.20. The Balaban J connectivity index is 1.74. The third-order valence-corrected chi connectivity index (χ3v) is 4.81. The summed E-state index contributed by atoms with van der Waals surface area (Å²) >= 11 is 12.6. The molecule has 0 heterocycles. The molecule has 3 aromatic carbocycles. The van der Waals surface area contributed by atoms with Crippen molar-refractivity contribution < 1.29 is 14.5 Å². The number of nitrogens with one attached hydrogen (secondary N) is 1. The van der Waals surface area contributed by atoms with Gasteiger partial charge in [-0.2, -0.15) is 5.26 Å². The number of non-ortho nitro benzene ring substituents is 1. The lowest BCUT2D eigenvalue weighted by Gasteiger charge is -2.11. The average molecular weight is 468 g/mol. The minimum Gasteiger partial charge on any atom is -0.481 e. The summed E-state index contributed by atoms with van der Waals surface area (Å²) in [5, 5.41) is 23.3. The third-order valence-electron chi connectivity index (χ3n) is 4.25. The predicted octanol–water partition coefficient (Wildman–Crippen LogP) is 5.98. The minimum absolute atomic E-state index is 0.0741. The molecule has 0 fully saturated rings. The Kier molecular flexibility index (Phi) is 7.45. The highest BCUT2D eigenvalue weighted by Gasteiger charge is 2.13. The number of nitro groups is 1. The average Bonchev–Trinajstić information content (AvgIpc) is 2.77. The van der Waals surface area contributed by atoms with Gasteiger partial charge < -0.3 is 10.1 Å². The van der Waals surface area contributed by atoms with Gasteiger partial charge in [-0.1, -0.05) is 41.4 Å². The molecule has 0 aliphatic carbocycles. The molecule has 0 atom stereocenters. The van der Waals surface area contributed by atoms with Gasteiger partial charge in [0.1, 0.15) is 0 Å². The fraction of sp³-hybridized carbons (Fsp3) is 0.0435. The van der Waals surface area contributed by atoms with Gasteiger partial charge in [-0.15, -0.1) is 0 Å². The van der Waals surface area contributed by atoms with Gasteiger partial charge in [0.25, 0.3) is 11.6 Å². The van der Waals surface area contributed by atoms with E-state index in [-0.39, 0.29) is 39.6 Å². The molecule has 0 bridgehead atoms. The number of halogens is 2. The van der Waals surface area contributed by atoms with E-state index in [9.17, 15) is 20.2 Å². The number of nitriles is 1. The Bertz CT molecular complexity index is 1200. The number of rotatable bonds is 7. The first-order chi connectivity index (χ1) is 15.4. The fourth-order valence-electron chi connectivity index (χ4n) is 2.77. The van der Waals surface area contributed by atoms with Crippen LogP contribution in [0.15, 0.2) is 66.7 Å². The highest BCUT2D eigenvalue weighted by Crippen LogP contribution is 2.35. The summed E-state index contributed by atoms with van der Waals surface area (Å²) in [4.78, 5) is 22.4. The molecule has 1 N–H and O–H groups in total. The van der Waals surface area contributed by atoms with E-state index in [1.165, 1.54) is 24.3 Å². The number of para-hydroxylation sites is 1. The van der Waals surface area contributed by atoms with E-state index in [1.807, 2.05) is 6.07 Å². The molecule has 0 unspecified atom stereocenters. The molecular formula is C23H15Cl2N3O4. The van der Waals surface area contributed by atoms with Crippen LogP contribution in [0.25, 0.3) is 11.6 Å². The van der Waals surface area contributed by atoms with Crippen molar-refractivity contribution in [1.29, 1.82) is 5.26 Å². The second-order valence-corrected chi connectivity index (χ2v) is 7.30. The zero-order chi connectivity index (χ0) is 23.1. The van der Waals surface area contributed by atoms with Crippen molar-refractivity contribution in [3.05, 3.63) is 98.0 Å². The van der Waals surface area contributed by atoms with Crippen molar-refractivity contribution in [3.63, 3.8) is 0 Å². The molecule has 3 rings (SSSR count). The Morgan fingerprint density at radius 2 is 1.72 bits per heavy atom. The Labute approximate surface area is 193 Å². The number of carbonyl (C=O) groups excluding carboxylic acids is 1. The lowest BCUT2D eigenvalue weighted by molar-refractivity contribution is -0.384. The van der Waals surface area contributed by atoms with E-state index in [4.69, 9.17) is 27.9 Å². The molecule has 0 saturated carbocycles. The third kappa shape index (κ3) is 5.85. The SMILES string of the molecule is N#C/C(=C\c1cc(Cl)c(OCC(=O)Nc2ccccc2)c(Cl)c1)c1ccc([N+](=O)[O-])cc1. The van der Waals surface area contributed by atoms with E-state index in [1.54, 1.807) is 42.5 Å². The smallest absolute Gasteiger partial charge is 0.269 e. The summed E-state index contributed by atoms with van der Waals surface area (Å²) in [5.41, 5.74) is 1.85. The number of allylic oxidation sites excluding steroid dienone is 1. The van der Waals surface area contributed by atoms with Crippen LogP contribution in [-0.4, -0.2) is 17.4 Å². The van der Waals surface area contributed by atoms with E-state index < -0.39 is 4.92 Å². The van der Waals surface area contributed by atoms with Crippen molar-refractivity contribution in [2.75, 3.05) is 11.9 Å². The topological polar surface area (TPSA) is 105 Å². The number of anilines is 1. The molecule has 0 saturated heterocycles. The van der Waals surface area contributed by atoms with E-state index >= 15 is 0 Å². The Morgan fingerprint density at radius 1 is 1.09 bits per heavy atom. The summed E-state index contributed by atoms with van der Waals surface area (Å²) < 4.78 is 5.48. The van der Waals surface area contributed by atoms with Gasteiger partial charge in [0.05, 0.1) is 26.6 Å². The maximum absolute atomic E-state index is 12.1. The monoisotopic (exact) mass is 467 g/mol. The van der Waals surface area contributed by atoms with E-state index in [0.29, 0.717) is 16.8 Å². The van der Waals surface area contributed by atoms with Gasteiger partial charge in [-0.05, 0) is 53.6 Å². The highest BCUT2D eigenvalue weighted by molar-refractivity contribution is 6.37. The van der Waals surface area contributed by atoms with E-state index in [2.05, 4.69) is 11.4 Å². The standard InChI is InChI=1S/C23H15Cl2N3O4/c24-20-11-15(10-17(13-26)16-6-8-19(9-7-16)28(30)31)12-21(25)23(20)32-14-22(29)27-18-4-2-1-3-5-18/h1-12H,14H2,(H,27,29)/b17-10+. The number of benzene rings is 3. The number of nitrogens with zero attached hydrogens (tertiary/aromatic N) is 2. The zero-order valence-corrected chi connectivity index (χ0v) is 17.9. The zero-order valence-electron chi connectivity index (χ0n) is 16.4. The molecule has 0 spiro atoms. The van der Waals surface area contributed by atoms with Crippen molar-refractivity contribution in [1.82, 2.24) is 0 Å². The van der Waals surface area contributed by atoms with Gasteiger partial charge in [0, 0.05) is 17.8 Å². The maximum Gasteiger partial charge on any atom is 0.269 e. The van der Waals surface area contributed by atoms with Crippen molar-refractivity contribution in [2.24, 2.45) is 0 Å². The summed E-state index contributed by atoms with van der Waals surface area (Å²) in [6.07, 6.45) is 1.55.